The Hall–Kier alpha value is -1.32. The highest BCUT2D eigenvalue weighted by atomic mass is 16.2. The van der Waals surface area contributed by atoms with Gasteiger partial charge in [-0.15, -0.1) is 6.58 Å². The lowest BCUT2D eigenvalue weighted by molar-refractivity contribution is -0.131. The molecule has 0 aliphatic carbocycles. The lowest BCUT2D eigenvalue weighted by atomic mass is 10.1. The van der Waals surface area contributed by atoms with Gasteiger partial charge in [-0.1, -0.05) is 6.08 Å². The van der Waals surface area contributed by atoms with Crippen LogP contribution < -0.4 is 11.1 Å². The summed E-state index contributed by atoms with van der Waals surface area (Å²) in [6, 6.07) is -0.0972. The van der Waals surface area contributed by atoms with Crippen molar-refractivity contribution in [3.8, 4) is 0 Å². The number of rotatable bonds is 2. The van der Waals surface area contributed by atoms with Crippen molar-refractivity contribution in [2.75, 3.05) is 0 Å². The largest absolute Gasteiger partial charge is 0.369 e. The van der Waals surface area contributed by atoms with E-state index in [0.717, 1.165) is 0 Å². The Labute approximate surface area is 64.4 Å². The molecule has 0 saturated carbocycles. The first-order chi connectivity index (χ1) is 5.15. The molecule has 4 nitrogen and oxygen atoms in total. The fourth-order valence-electron chi connectivity index (χ4n) is 1.10. The molecule has 2 amide bonds. The second-order valence-corrected chi connectivity index (χ2v) is 2.54. The average molecular weight is 154 g/mol. The molecule has 0 spiro atoms. The van der Waals surface area contributed by atoms with E-state index in [1.807, 2.05) is 0 Å². The molecule has 0 aromatic carbocycles. The third-order valence-electron chi connectivity index (χ3n) is 1.76. The third kappa shape index (κ3) is 1.39. The number of primary amides is 1. The zero-order valence-corrected chi connectivity index (χ0v) is 6.04. The number of carbonyl (C=O) groups excluding carboxylic acids is 2. The number of carbonyl (C=O) groups is 2. The van der Waals surface area contributed by atoms with Crippen LogP contribution in [-0.4, -0.2) is 17.9 Å². The molecule has 4 heteroatoms. The number of amides is 2. The summed E-state index contributed by atoms with van der Waals surface area (Å²) in [7, 11) is 0. The Morgan fingerprint density at radius 2 is 2.45 bits per heavy atom. The summed E-state index contributed by atoms with van der Waals surface area (Å²) in [5.41, 5.74) is 4.97. The molecule has 60 valence electrons. The summed E-state index contributed by atoms with van der Waals surface area (Å²) in [4.78, 5) is 21.5. The molecule has 2 unspecified atom stereocenters. The van der Waals surface area contributed by atoms with Crippen LogP contribution >= 0.6 is 0 Å². The molecule has 3 N–H and O–H groups in total. The van der Waals surface area contributed by atoms with Gasteiger partial charge >= 0.3 is 0 Å². The van der Waals surface area contributed by atoms with Gasteiger partial charge in [0.25, 0.3) is 0 Å². The SMILES string of the molecule is C=CC1CC(C(N)=O)C(=O)N1. The van der Waals surface area contributed by atoms with E-state index >= 15 is 0 Å². The predicted molar refractivity (Wildman–Crippen MR) is 39.4 cm³/mol. The van der Waals surface area contributed by atoms with Crippen molar-refractivity contribution < 1.29 is 9.59 Å². The van der Waals surface area contributed by atoms with Crippen LogP contribution in [0.3, 0.4) is 0 Å². The Morgan fingerprint density at radius 1 is 1.82 bits per heavy atom. The Kier molecular flexibility index (Phi) is 1.94. The summed E-state index contributed by atoms with van der Waals surface area (Å²) in [6.07, 6.45) is 2.04. The number of nitrogens with one attached hydrogen (secondary N) is 1. The topological polar surface area (TPSA) is 72.2 Å². The van der Waals surface area contributed by atoms with Crippen LogP contribution in [-0.2, 0) is 9.59 Å². The molecule has 1 heterocycles. The summed E-state index contributed by atoms with van der Waals surface area (Å²) in [5, 5.41) is 2.58. The molecule has 1 saturated heterocycles. The van der Waals surface area contributed by atoms with Crippen molar-refractivity contribution in [2.45, 2.75) is 12.5 Å². The number of hydrogen-bond donors (Lipinski definition) is 2. The summed E-state index contributed by atoms with van der Waals surface area (Å²) in [5.74, 6) is -1.52. The molecule has 11 heavy (non-hydrogen) atoms. The van der Waals surface area contributed by atoms with Crippen molar-refractivity contribution in [3.05, 3.63) is 12.7 Å². The van der Waals surface area contributed by atoms with E-state index < -0.39 is 11.8 Å². The Balaban J connectivity index is 2.65. The van der Waals surface area contributed by atoms with Crippen LogP contribution in [0.5, 0.6) is 0 Å². The highest BCUT2D eigenvalue weighted by Crippen LogP contribution is 2.14. The quantitative estimate of drug-likeness (QED) is 0.402. The molecular formula is C7H10N2O2. The summed E-state index contributed by atoms with van der Waals surface area (Å²) < 4.78 is 0. The fraction of sp³-hybridized carbons (Fsp3) is 0.429. The number of nitrogens with two attached hydrogens (primary N) is 1. The van der Waals surface area contributed by atoms with Crippen molar-refractivity contribution >= 4 is 11.8 Å². The van der Waals surface area contributed by atoms with E-state index in [4.69, 9.17) is 5.73 Å². The second-order valence-electron chi connectivity index (χ2n) is 2.54. The second kappa shape index (κ2) is 2.74. The van der Waals surface area contributed by atoms with Crippen LogP contribution in [0.2, 0.25) is 0 Å². The van der Waals surface area contributed by atoms with Crippen molar-refractivity contribution in [2.24, 2.45) is 11.7 Å². The molecule has 1 aliphatic rings. The zero-order valence-electron chi connectivity index (χ0n) is 6.04. The van der Waals surface area contributed by atoms with Crippen LogP contribution in [0.15, 0.2) is 12.7 Å². The average Bonchev–Trinajstić information content (AvgIpc) is 2.30. The van der Waals surface area contributed by atoms with Crippen LogP contribution in [0.25, 0.3) is 0 Å². The van der Waals surface area contributed by atoms with Crippen molar-refractivity contribution in [3.63, 3.8) is 0 Å². The first kappa shape index (κ1) is 7.78. The fourth-order valence-corrected chi connectivity index (χ4v) is 1.10. The van der Waals surface area contributed by atoms with Gasteiger partial charge < -0.3 is 11.1 Å². The number of hydrogen-bond acceptors (Lipinski definition) is 2. The van der Waals surface area contributed by atoms with Gasteiger partial charge in [-0.25, -0.2) is 0 Å². The minimum atomic E-state index is -0.669. The van der Waals surface area contributed by atoms with E-state index in [9.17, 15) is 9.59 Å². The monoisotopic (exact) mass is 154 g/mol. The van der Waals surface area contributed by atoms with Gasteiger partial charge in [0, 0.05) is 6.04 Å². The minimum absolute atomic E-state index is 0.0972. The van der Waals surface area contributed by atoms with Gasteiger partial charge in [0.15, 0.2) is 0 Å². The van der Waals surface area contributed by atoms with Gasteiger partial charge in [0.1, 0.15) is 5.92 Å². The van der Waals surface area contributed by atoms with Crippen molar-refractivity contribution in [1.29, 1.82) is 0 Å². The molecule has 0 aromatic heterocycles. The first-order valence-corrected chi connectivity index (χ1v) is 3.37. The van der Waals surface area contributed by atoms with Crippen LogP contribution in [0.4, 0.5) is 0 Å². The molecule has 1 fully saturated rings. The van der Waals surface area contributed by atoms with Crippen LogP contribution in [0, 0.1) is 5.92 Å². The van der Waals surface area contributed by atoms with Gasteiger partial charge in [-0.05, 0) is 6.42 Å². The Bertz CT molecular complexity index is 212. The maximum Gasteiger partial charge on any atom is 0.233 e. The molecule has 0 bridgehead atoms. The van der Waals surface area contributed by atoms with E-state index in [0.29, 0.717) is 6.42 Å². The summed E-state index contributed by atoms with van der Waals surface area (Å²) >= 11 is 0. The minimum Gasteiger partial charge on any atom is -0.369 e. The lowest BCUT2D eigenvalue weighted by Crippen LogP contribution is -2.30. The van der Waals surface area contributed by atoms with Gasteiger partial charge in [0.2, 0.25) is 11.8 Å². The molecule has 1 aliphatic heterocycles. The predicted octanol–water partition coefficient (Wildman–Crippen LogP) is -0.838. The van der Waals surface area contributed by atoms with Gasteiger partial charge in [0.05, 0.1) is 0 Å². The first-order valence-electron chi connectivity index (χ1n) is 3.37. The lowest BCUT2D eigenvalue weighted by Gasteiger charge is -1.98. The molecule has 2 atom stereocenters. The van der Waals surface area contributed by atoms with E-state index in [-0.39, 0.29) is 11.9 Å². The van der Waals surface area contributed by atoms with Gasteiger partial charge in [-0.2, -0.15) is 0 Å². The third-order valence-corrected chi connectivity index (χ3v) is 1.76. The van der Waals surface area contributed by atoms with Gasteiger partial charge in [-0.3, -0.25) is 9.59 Å². The molecule has 1 rings (SSSR count). The van der Waals surface area contributed by atoms with E-state index in [1.165, 1.54) is 0 Å². The Morgan fingerprint density at radius 3 is 2.73 bits per heavy atom. The molecule has 0 radical (unpaired) electrons. The van der Waals surface area contributed by atoms with Crippen molar-refractivity contribution in [1.82, 2.24) is 5.32 Å². The molecular weight excluding hydrogens is 144 g/mol. The van der Waals surface area contributed by atoms with E-state index in [2.05, 4.69) is 11.9 Å². The highest BCUT2D eigenvalue weighted by molar-refractivity contribution is 6.01. The maximum atomic E-state index is 10.9. The van der Waals surface area contributed by atoms with E-state index in [1.54, 1.807) is 6.08 Å². The highest BCUT2D eigenvalue weighted by Gasteiger charge is 2.34. The zero-order chi connectivity index (χ0) is 8.43. The smallest absolute Gasteiger partial charge is 0.233 e. The maximum absolute atomic E-state index is 10.9. The standard InChI is InChI=1S/C7H10N2O2/c1-2-4-3-5(6(8)10)7(11)9-4/h2,4-5H,1,3H2,(H2,8,10)(H,9,11). The van der Waals surface area contributed by atoms with Crippen LogP contribution in [0.1, 0.15) is 6.42 Å². The normalized spacial score (nSPS) is 29.6. The molecule has 0 aromatic rings. The summed E-state index contributed by atoms with van der Waals surface area (Å²) in [6.45, 7) is 3.50.